The van der Waals surface area contributed by atoms with Crippen LogP contribution in [0.5, 0.6) is 11.5 Å². The van der Waals surface area contributed by atoms with Crippen molar-refractivity contribution in [1.82, 2.24) is 0 Å². The second-order valence-corrected chi connectivity index (χ2v) is 5.33. The number of nitrogens with zero attached hydrogens (tertiary/aromatic N) is 2. The van der Waals surface area contributed by atoms with Crippen LogP contribution in [0.2, 0.25) is 5.02 Å². The topological polar surface area (TPSA) is 71.7 Å². The Balaban J connectivity index is 0.00000364. The van der Waals surface area contributed by atoms with Gasteiger partial charge in [-0.15, -0.1) is 0 Å². The number of carbonyl (C=O) groups excluding carboxylic acids is 1. The van der Waals surface area contributed by atoms with Gasteiger partial charge in [-0.25, -0.2) is 4.79 Å². The summed E-state index contributed by atoms with van der Waals surface area (Å²) < 4.78 is 43.4. The van der Waals surface area contributed by atoms with E-state index in [0.717, 1.165) is 31.3 Å². The SMILES string of the molecule is CC(=O)ON=Cc1cc(Oc2ccc(C(F)(F)F)cc2Cl)ccc1C#N.[NaH]. The molecule has 0 saturated heterocycles. The van der Waals surface area contributed by atoms with Crippen LogP contribution in [-0.2, 0) is 15.8 Å². The van der Waals surface area contributed by atoms with Gasteiger partial charge in [0.2, 0.25) is 0 Å². The third-order valence-corrected chi connectivity index (χ3v) is 3.30. The molecule has 2 rings (SSSR count). The minimum absolute atomic E-state index is 0. The summed E-state index contributed by atoms with van der Waals surface area (Å²) in [6, 6.07) is 8.87. The van der Waals surface area contributed by atoms with E-state index in [4.69, 9.17) is 21.6 Å². The van der Waals surface area contributed by atoms with Gasteiger partial charge in [-0.3, -0.25) is 0 Å². The van der Waals surface area contributed by atoms with E-state index in [2.05, 4.69) is 9.99 Å². The quantitative estimate of drug-likeness (QED) is 0.329. The van der Waals surface area contributed by atoms with Crippen LogP contribution >= 0.6 is 11.6 Å². The number of halogens is 4. The van der Waals surface area contributed by atoms with Gasteiger partial charge in [-0.05, 0) is 36.4 Å². The summed E-state index contributed by atoms with van der Waals surface area (Å²) in [6.45, 7) is 1.16. The maximum absolute atomic E-state index is 12.7. The first-order valence-electron chi connectivity index (χ1n) is 7.00. The molecule has 2 aromatic carbocycles. The third kappa shape index (κ3) is 6.56. The van der Waals surface area contributed by atoms with Crippen LogP contribution in [-0.4, -0.2) is 41.7 Å². The predicted molar refractivity (Wildman–Crippen MR) is 94.2 cm³/mol. The summed E-state index contributed by atoms with van der Waals surface area (Å²) in [5.74, 6) is -0.425. The molecule has 0 unspecified atom stereocenters. The summed E-state index contributed by atoms with van der Waals surface area (Å²) in [4.78, 5) is 15.1. The summed E-state index contributed by atoms with van der Waals surface area (Å²) in [7, 11) is 0. The Morgan fingerprint density at radius 1 is 1.26 bits per heavy atom. The molecular weight excluding hydrogens is 396 g/mol. The number of carbonyl (C=O) groups is 1. The average molecular weight is 407 g/mol. The molecule has 0 aliphatic heterocycles. The summed E-state index contributed by atoms with van der Waals surface area (Å²) in [5, 5.41) is 12.3. The van der Waals surface area contributed by atoms with Gasteiger partial charge in [0.15, 0.2) is 0 Å². The molecule has 0 N–H and O–H groups in total. The molecule has 0 bridgehead atoms. The van der Waals surface area contributed by atoms with Crippen LogP contribution in [0.3, 0.4) is 0 Å². The van der Waals surface area contributed by atoms with Crippen molar-refractivity contribution in [3.8, 4) is 17.6 Å². The van der Waals surface area contributed by atoms with Crippen molar-refractivity contribution in [3.05, 3.63) is 58.1 Å². The fourth-order valence-electron chi connectivity index (χ4n) is 1.86. The molecule has 0 saturated carbocycles. The van der Waals surface area contributed by atoms with Gasteiger partial charge in [0.05, 0.1) is 28.4 Å². The fourth-order valence-corrected chi connectivity index (χ4v) is 2.08. The Kier molecular flexibility index (Phi) is 8.31. The predicted octanol–water partition coefficient (Wildman–Crippen LogP) is 4.27. The van der Waals surface area contributed by atoms with E-state index < -0.39 is 17.7 Å². The van der Waals surface area contributed by atoms with Gasteiger partial charge in [0, 0.05) is 12.5 Å². The zero-order chi connectivity index (χ0) is 19.3. The van der Waals surface area contributed by atoms with Gasteiger partial charge in [-0.2, -0.15) is 18.4 Å². The van der Waals surface area contributed by atoms with Crippen LogP contribution in [0.1, 0.15) is 23.6 Å². The molecule has 2 aromatic rings. The van der Waals surface area contributed by atoms with Gasteiger partial charge < -0.3 is 9.57 Å². The second-order valence-electron chi connectivity index (χ2n) is 4.92. The van der Waals surface area contributed by atoms with Crippen LogP contribution < -0.4 is 4.74 Å². The first-order valence-corrected chi connectivity index (χ1v) is 7.38. The Hall–Kier alpha value is -2.05. The molecule has 0 heterocycles. The van der Waals surface area contributed by atoms with E-state index in [9.17, 15) is 18.0 Å². The monoisotopic (exact) mass is 406 g/mol. The number of hydrogen-bond donors (Lipinski definition) is 0. The number of alkyl halides is 3. The molecule has 5 nitrogen and oxygen atoms in total. The summed E-state index contributed by atoms with van der Waals surface area (Å²) >= 11 is 5.84. The number of ether oxygens (including phenoxy) is 1. The van der Waals surface area contributed by atoms with E-state index in [1.165, 1.54) is 18.2 Å². The van der Waals surface area contributed by atoms with E-state index in [-0.39, 0.29) is 57.2 Å². The molecule has 0 fully saturated rings. The summed E-state index contributed by atoms with van der Waals surface area (Å²) in [6.07, 6.45) is -3.38. The fraction of sp³-hybridized carbons (Fsp3) is 0.118. The number of benzene rings is 2. The molecule has 0 aliphatic carbocycles. The van der Waals surface area contributed by atoms with Crippen LogP contribution in [0, 0.1) is 11.3 Å². The second kappa shape index (κ2) is 9.76. The number of hydrogen-bond acceptors (Lipinski definition) is 5. The van der Waals surface area contributed by atoms with Crippen molar-refractivity contribution < 1.29 is 27.5 Å². The molecule has 0 amide bonds. The average Bonchev–Trinajstić information content (AvgIpc) is 2.55. The van der Waals surface area contributed by atoms with Crippen molar-refractivity contribution in [2.75, 3.05) is 0 Å². The van der Waals surface area contributed by atoms with E-state index >= 15 is 0 Å². The zero-order valence-corrected chi connectivity index (χ0v) is 13.9. The Labute approximate surface area is 179 Å². The standard InChI is InChI=1S/C17H10ClF3N2O3.Na.H/c1-10(24)26-23-9-12-6-14(4-2-11(12)8-22)25-16-5-3-13(7-15(16)18)17(19,20)21;;/h2-7,9H,1H3;;. The van der Waals surface area contributed by atoms with E-state index in [0.29, 0.717) is 0 Å². The summed E-state index contributed by atoms with van der Waals surface area (Å²) in [5.41, 5.74) is -0.384. The van der Waals surface area contributed by atoms with Crippen LogP contribution in [0.15, 0.2) is 41.6 Å². The number of nitriles is 1. The number of oxime groups is 1. The third-order valence-electron chi connectivity index (χ3n) is 3.00. The molecule has 10 heteroatoms. The molecular formula is C17H11ClF3N2NaO3. The van der Waals surface area contributed by atoms with Gasteiger partial charge in [-0.1, -0.05) is 16.8 Å². The molecule has 27 heavy (non-hydrogen) atoms. The van der Waals surface area contributed by atoms with Crippen molar-refractivity contribution in [1.29, 1.82) is 5.26 Å². The maximum atomic E-state index is 12.7. The molecule has 0 radical (unpaired) electrons. The van der Waals surface area contributed by atoms with Crippen molar-refractivity contribution >= 4 is 53.3 Å². The van der Waals surface area contributed by atoms with Gasteiger partial charge in [0.1, 0.15) is 11.5 Å². The van der Waals surface area contributed by atoms with Crippen molar-refractivity contribution in [2.45, 2.75) is 13.1 Å². The van der Waals surface area contributed by atoms with Crippen LogP contribution in [0.4, 0.5) is 13.2 Å². The Morgan fingerprint density at radius 3 is 2.52 bits per heavy atom. The first kappa shape index (κ1) is 23.0. The molecule has 0 aliphatic rings. The number of rotatable bonds is 4. The Bertz CT molecular complexity index is 911. The van der Waals surface area contributed by atoms with Gasteiger partial charge in [0.25, 0.3) is 0 Å². The van der Waals surface area contributed by atoms with Crippen molar-refractivity contribution in [3.63, 3.8) is 0 Å². The van der Waals surface area contributed by atoms with E-state index in [1.807, 2.05) is 6.07 Å². The zero-order valence-electron chi connectivity index (χ0n) is 13.2. The molecule has 136 valence electrons. The van der Waals surface area contributed by atoms with Gasteiger partial charge >= 0.3 is 41.7 Å². The Morgan fingerprint density at radius 2 is 1.96 bits per heavy atom. The molecule has 0 aromatic heterocycles. The first-order chi connectivity index (χ1) is 12.2. The molecule has 0 atom stereocenters. The molecule has 0 spiro atoms. The normalized spacial score (nSPS) is 10.8. The van der Waals surface area contributed by atoms with Crippen molar-refractivity contribution in [2.24, 2.45) is 5.16 Å². The minimum atomic E-state index is -4.52. The van der Waals surface area contributed by atoms with Crippen LogP contribution in [0.25, 0.3) is 0 Å². The van der Waals surface area contributed by atoms with E-state index in [1.54, 1.807) is 0 Å².